The van der Waals surface area contributed by atoms with Crippen molar-refractivity contribution < 1.29 is 0 Å². The first-order chi connectivity index (χ1) is 5.27. The molecule has 0 aliphatic heterocycles. The van der Waals surface area contributed by atoms with E-state index < -0.39 is 0 Å². The number of aromatic nitrogens is 2. The highest BCUT2D eigenvalue weighted by atomic mass is 15.2. The Hall–Kier alpha value is -1.25. The van der Waals surface area contributed by atoms with Crippen LogP contribution < -0.4 is 5.46 Å². The Kier molecular flexibility index (Phi) is 1.25. The summed E-state index contributed by atoms with van der Waals surface area (Å²) in [6.45, 7) is 0. The van der Waals surface area contributed by atoms with Crippen LogP contribution in [-0.4, -0.2) is 17.6 Å². The fraction of sp³-hybridized carbons (Fsp3) is 0.125. The standard InChI is InChI=1S/C8H9BN2/c1-11-5-6-3-2-4-7(9)8(6)10-11/h2-5H,9H2,1H3. The molecule has 1 aromatic carbocycles. The zero-order chi connectivity index (χ0) is 7.84. The van der Waals surface area contributed by atoms with E-state index in [1.165, 1.54) is 10.8 Å². The molecule has 0 amide bonds. The van der Waals surface area contributed by atoms with Gasteiger partial charge in [0.2, 0.25) is 0 Å². The average Bonchev–Trinajstić information content (AvgIpc) is 2.31. The summed E-state index contributed by atoms with van der Waals surface area (Å²) in [5.74, 6) is 0. The van der Waals surface area contributed by atoms with Crippen LogP contribution in [0.3, 0.4) is 0 Å². The Labute approximate surface area is 66.2 Å². The maximum absolute atomic E-state index is 4.33. The molecule has 0 radical (unpaired) electrons. The van der Waals surface area contributed by atoms with Gasteiger partial charge < -0.3 is 0 Å². The lowest BCUT2D eigenvalue weighted by Gasteiger charge is -1.90. The van der Waals surface area contributed by atoms with Crippen LogP contribution in [0.15, 0.2) is 24.4 Å². The molecular weight excluding hydrogens is 135 g/mol. The zero-order valence-electron chi connectivity index (χ0n) is 6.70. The lowest BCUT2D eigenvalue weighted by Crippen LogP contribution is -2.03. The lowest BCUT2D eigenvalue weighted by molar-refractivity contribution is 0.780. The van der Waals surface area contributed by atoms with Crippen LogP contribution >= 0.6 is 0 Å². The van der Waals surface area contributed by atoms with Gasteiger partial charge in [-0.15, -0.1) is 0 Å². The Morgan fingerprint density at radius 3 is 3.00 bits per heavy atom. The van der Waals surface area contributed by atoms with Gasteiger partial charge in [0, 0.05) is 18.6 Å². The number of fused-ring (bicyclic) bond motifs is 1. The fourth-order valence-electron chi connectivity index (χ4n) is 1.31. The van der Waals surface area contributed by atoms with E-state index in [1.54, 1.807) is 0 Å². The molecule has 3 heteroatoms. The van der Waals surface area contributed by atoms with E-state index in [2.05, 4.69) is 31.1 Å². The summed E-state index contributed by atoms with van der Waals surface area (Å²) in [6.07, 6.45) is 2.03. The second-order valence-corrected chi connectivity index (χ2v) is 2.82. The Bertz CT molecular complexity index is 392. The topological polar surface area (TPSA) is 17.8 Å². The predicted octanol–water partition coefficient (Wildman–Crippen LogP) is -0.168. The monoisotopic (exact) mass is 144 g/mol. The Balaban J connectivity index is 2.90. The van der Waals surface area contributed by atoms with Crippen LogP contribution in [-0.2, 0) is 7.05 Å². The molecule has 0 aliphatic rings. The van der Waals surface area contributed by atoms with E-state index in [1.807, 2.05) is 17.9 Å². The lowest BCUT2D eigenvalue weighted by atomic mass is 9.94. The molecule has 2 rings (SSSR count). The molecule has 2 aromatic rings. The highest BCUT2D eigenvalue weighted by molar-refractivity contribution is 6.38. The van der Waals surface area contributed by atoms with Gasteiger partial charge in [0.1, 0.15) is 7.85 Å². The van der Waals surface area contributed by atoms with Crippen molar-refractivity contribution in [3.63, 3.8) is 0 Å². The van der Waals surface area contributed by atoms with Crippen LogP contribution in [0.4, 0.5) is 0 Å². The van der Waals surface area contributed by atoms with Crippen LogP contribution in [0, 0.1) is 0 Å². The smallest absolute Gasteiger partial charge is 0.142 e. The maximum atomic E-state index is 4.33. The second kappa shape index (κ2) is 2.12. The average molecular weight is 144 g/mol. The van der Waals surface area contributed by atoms with Crippen LogP contribution in [0.1, 0.15) is 0 Å². The van der Waals surface area contributed by atoms with Crippen molar-refractivity contribution in [3.05, 3.63) is 24.4 Å². The maximum Gasteiger partial charge on any atom is 0.142 e. The van der Waals surface area contributed by atoms with E-state index in [0.29, 0.717) is 0 Å². The predicted molar refractivity (Wildman–Crippen MR) is 48.9 cm³/mol. The summed E-state index contributed by atoms with van der Waals surface area (Å²) in [4.78, 5) is 0. The van der Waals surface area contributed by atoms with Gasteiger partial charge in [-0.25, -0.2) is 0 Å². The first-order valence-corrected chi connectivity index (χ1v) is 3.66. The normalized spacial score (nSPS) is 10.6. The van der Waals surface area contributed by atoms with Crippen molar-refractivity contribution in [2.45, 2.75) is 0 Å². The van der Waals surface area contributed by atoms with Crippen molar-refractivity contribution in [2.24, 2.45) is 7.05 Å². The summed E-state index contributed by atoms with van der Waals surface area (Å²) in [5, 5.41) is 5.54. The third kappa shape index (κ3) is 0.927. The van der Waals surface area contributed by atoms with Gasteiger partial charge >= 0.3 is 0 Å². The molecule has 0 atom stereocenters. The number of hydrogen-bond acceptors (Lipinski definition) is 1. The molecule has 2 nitrogen and oxygen atoms in total. The molecule has 0 unspecified atom stereocenters. The molecule has 11 heavy (non-hydrogen) atoms. The summed E-state index contributed by atoms with van der Waals surface area (Å²) in [6, 6.07) is 6.21. The summed E-state index contributed by atoms with van der Waals surface area (Å²) in [5.41, 5.74) is 2.35. The Morgan fingerprint density at radius 2 is 2.27 bits per heavy atom. The SMILES string of the molecule is Bc1cccc2cn(C)nc12. The minimum absolute atomic E-state index is 1.11. The van der Waals surface area contributed by atoms with Gasteiger partial charge in [-0.1, -0.05) is 23.7 Å². The fourth-order valence-corrected chi connectivity index (χ4v) is 1.31. The molecule has 0 aliphatic carbocycles. The van der Waals surface area contributed by atoms with Gasteiger partial charge in [-0.05, 0) is 0 Å². The number of rotatable bonds is 0. The van der Waals surface area contributed by atoms with Crippen molar-refractivity contribution in [1.82, 2.24) is 9.78 Å². The van der Waals surface area contributed by atoms with Crippen molar-refractivity contribution in [1.29, 1.82) is 0 Å². The summed E-state index contributed by atoms with van der Waals surface area (Å²) >= 11 is 0. The molecular formula is C8H9BN2. The number of benzene rings is 1. The molecule has 0 fully saturated rings. The first kappa shape index (κ1) is 6.46. The number of nitrogens with zero attached hydrogens (tertiary/aromatic N) is 2. The van der Waals surface area contributed by atoms with Crippen molar-refractivity contribution >= 4 is 24.2 Å². The van der Waals surface area contributed by atoms with Crippen LogP contribution in [0.2, 0.25) is 0 Å². The molecule has 0 N–H and O–H groups in total. The van der Waals surface area contributed by atoms with Gasteiger partial charge in [0.25, 0.3) is 0 Å². The summed E-state index contributed by atoms with van der Waals surface area (Å²) in [7, 11) is 4.02. The zero-order valence-corrected chi connectivity index (χ0v) is 6.70. The minimum Gasteiger partial charge on any atom is -0.275 e. The molecule has 1 heterocycles. The molecule has 0 saturated carbocycles. The van der Waals surface area contributed by atoms with E-state index in [0.717, 1.165) is 5.52 Å². The third-order valence-electron chi connectivity index (χ3n) is 1.85. The van der Waals surface area contributed by atoms with Crippen molar-refractivity contribution in [2.75, 3.05) is 0 Å². The van der Waals surface area contributed by atoms with E-state index in [-0.39, 0.29) is 0 Å². The number of hydrogen-bond donors (Lipinski definition) is 0. The van der Waals surface area contributed by atoms with E-state index >= 15 is 0 Å². The van der Waals surface area contributed by atoms with Crippen molar-refractivity contribution in [3.8, 4) is 0 Å². The molecule has 1 aromatic heterocycles. The molecule has 54 valence electrons. The van der Waals surface area contributed by atoms with Gasteiger partial charge in [0.05, 0.1) is 5.52 Å². The molecule has 0 saturated heterocycles. The highest BCUT2D eigenvalue weighted by Gasteiger charge is 1.98. The highest BCUT2D eigenvalue weighted by Crippen LogP contribution is 2.06. The largest absolute Gasteiger partial charge is 0.275 e. The minimum atomic E-state index is 1.11. The third-order valence-corrected chi connectivity index (χ3v) is 1.85. The quantitative estimate of drug-likeness (QED) is 0.469. The summed E-state index contributed by atoms with van der Waals surface area (Å²) < 4.78 is 1.84. The number of aryl methyl sites for hydroxylation is 1. The molecule has 0 bridgehead atoms. The van der Waals surface area contributed by atoms with E-state index in [4.69, 9.17) is 0 Å². The van der Waals surface area contributed by atoms with E-state index in [9.17, 15) is 0 Å². The molecule has 0 spiro atoms. The first-order valence-electron chi connectivity index (χ1n) is 3.66. The van der Waals surface area contributed by atoms with Gasteiger partial charge in [0.15, 0.2) is 0 Å². The van der Waals surface area contributed by atoms with Crippen LogP contribution in [0.5, 0.6) is 0 Å². The van der Waals surface area contributed by atoms with Crippen LogP contribution in [0.25, 0.3) is 10.9 Å². The van der Waals surface area contributed by atoms with Gasteiger partial charge in [-0.3, -0.25) is 4.68 Å². The second-order valence-electron chi connectivity index (χ2n) is 2.82. The van der Waals surface area contributed by atoms with Gasteiger partial charge in [-0.2, -0.15) is 5.10 Å². The Morgan fingerprint density at radius 1 is 1.45 bits per heavy atom.